The van der Waals surface area contributed by atoms with E-state index < -0.39 is 15.3 Å². The van der Waals surface area contributed by atoms with Gasteiger partial charge in [-0.2, -0.15) is 0 Å². The molecule has 1 aliphatic heterocycles. The van der Waals surface area contributed by atoms with E-state index >= 15 is 0 Å². The molecule has 2 rings (SSSR count). The molecule has 5 nitrogen and oxygen atoms in total. The molecule has 0 saturated carbocycles. The molecule has 1 saturated heterocycles. The quantitative estimate of drug-likeness (QED) is 0.789. The fourth-order valence-corrected chi connectivity index (χ4v) is 3.45. The van der Waals surface area contributed by atoms with Crippen LogP contribution in [0.3, 0.4) is 0 Å². The highest BCUT2D eigenvalue weighted by atomic mass is 79.9. The first-order valence-corrected chi connectivity index (χ1v) is 8.33. The Morgan fingerprint density at radius 2 is 1.95 bits per heavy atom. The summed E-state index contributed by atoms with van der Waals surface area (Å²) in [6, 6.07) is 3.24. The van der Waals surface area contributed by atoms with E-state index in [4.69, 9.17) is 28.3 Å². The van der Waals surface area contributed by atoms with E-state index in [1.54, 1.807) is 12.1 Å². The zero-order valence-corrected chi connectivity index (χ0v) is 13.4. The molecule has 2 N–H and O–H groups in total. The van der Waals surface area contributed by atoms with Crippen LogP contribution in [-0.2, 0) is 14.8 Å². The minimum Gasteiger partial charge on any atom is -0.309 e. The molecule has 9 heteroatoms. The summed E-state index contributed by atoms with van der Waals surface area (Å²) in [7, 11) is -3.76. The van der Waals surface area contributed by atoms with Gasteiger partial charge in [-0.15, -0.1) is 0 Å². The van der Waals surface area contributed by atoms with Crippen molar-refractivity contribution < 1.29 is 13.2 Å². The highest BCUT2D eigenvalue weighted by molar-refractivity contribution is 9.10. The van der Waals surface area contributed by atoms with E-state index in [2.05, 4.69) is 15.9 Å². The average Bonchev–Trinajstić information content (AvgIpc) is 2.68. The minimum absolute atomic E-state index is 0.0185. The van der Waals surface area contributed by atoms with Crippen molar-refractivity contribution in [2.45, 2.75) is 11.7 Å². The Bertz CT molecular complexity index is 650. The van der Waals surface area contributed by atoms with Crippen LogP contribution in [0, 0.1) is 0 Å². The second kappa shape index (κ2) is 5.21. The van der Waals surface area contributed by atoms with Gasteiger partial charge in [0.15, 0.2) is 0 Å². The summed E-state index contributed by atoms with van der Waals surface area (Å²) in [5.41, 5.74) is 0.381. The number of sulfonamides is 1. The van der Waals surface area contributed by atoms with Crippen LogP contribution < -0.4 is 10.0 Å². The van der Waals surface area contributed by atoms with Crippen molar-refractivity contribution in [1.29, 1.82) is 0 Å². The summed E-state index contributed by atoms with van der Waals surface area (Å²) < 4.78 is 23.2. The first-order valence-electron chi connectivity index (χ1n) is 5.17. The number of primary sulfonamides is 1. The van der Waals surface area contributed by atoms with E-state index in [9.17, 15) is 13.2 Å². The van der Waals surface area contributed by atoms with Gasteiger partial charge in [-0.1, -0.05) is 23.2 Å². The van der Waals surface area contributed by atoms with Crippen molar-refractivity contribution in [3.63, 3.8) is 0 Å². The van der Waals surface area contributed by atoms with Crippen LogP contribution in [-0.4, -0.2) is 26.1 Å². The highest BCUT2D eigenvalue weighted by Crippen LogP contribution is 2.39. The normalized spacial score (nSPS) is 20.1. The van der Waals surface area contributed by atoms with Gasteiger partial charge in [0, 0.05) is 17.4 Å². The average molecular weight is 388 g/mol. The number of hydrogen-bond acceptors (Lipinski definition) is 3. The van der Waals surface area contributed by atoms with Crippen LogP contribution in [0.5, 0.6) is 0 Å². The molecule has 1 fully saturated rings. The van der Waals surface area contributed by atoms with Crippen LogP contribution in [0.15, 0.2) is 16.6 Å². The van der Waals surface area contributed by atoms with Gasteiger partial charge in [-0.3, -0.25) is 4.79 Å². The largest absolute Gasteiger partial charge is 0.309 e. The van der Waals surface area contributed by atoms with Gasteiger partial charge in [0.05, 0.1) is 15.7 Å². The number of amides is 1. The molecule has 1 atom stereocenters. The first-order chi connectivity index (χ1) is 8.71. The zero-order chi connectivity index (χ0) is 14.4. The summed E-state index contributed by atoms with van der Waals surface area (Å²) in [6.07, 6.45) is -0.150. The number of halogens is 3. The van der Waals surface area contributed by atoms with E-state index in [0.717, 1.165) is 0 Å². The maximum Gasteiger partial charge on any atom is 0.228 e. The van der Waals surface area contributed by atoms with Crippen molar-refractivity contribution in [1.82, 2.24) is 0 Å². The van der Waals surface area contributed by atoms with Crippen molar-refractivity contribution in [2.75, 3.05) is 11.4 Å². The van der Waals surface area contributed by atoms with Gasteiger partial charge in [0.1, 0.15) is 5.25 Å². The molecule has 0 aliphatic carbocycles. The Hall–Kier alpha value is -0.340. The lowest BCUT2D eigenvalue weighted by atomic mass is 10.3. The third-order valence-electron chi connectivity index (χ3n) is 2.86. The lowest BCUT2D eigenvalue weighted by Crippen LogP contribution is -2.32. The Kier molecular flexibility index (Phi) is 4.13. The molecular formula is C10H9BrCl2N2O3S. The van der Waals surface area contributed by atoms with Crippen LogP contribution in [0.25, 0.3) is 0 Å². The van der Waals surface area contributed by atoms with Crippen molar-refractivity contribution >= 4 is 60.7 Å². The van der Waals surface area contributed by atoms with Crippen LogP contribution in [0.4, 0.5) is 5.69 Å². The molecule has 104 valence electrons. The van der Waals surface area contributed by atoms with Gasteiger partial charge in [-0.25, -0.2) is 13.6 Å². The molecule has 1 aliphatic rings. The van der Waals surface area contributed by atoms with E-state index in [0.29, 0.717) is 10.2 Å². The summed E-state index contributed by atoms with van der Waals surface area (Å²) in [6.45, 7) is -0.0185. The number of carbonyl (C=O) groups is 1. The number of nitrogens with two attached hydrogens (primary N) is 1. The molecule has 1 heterocycles. The second-order valence-electron chi connectivity index (χ2n) is 4.11. The molecule has 0 radical (unpaired) electrons. The summed E-state index contributed by atoms with van der Waals surface area (Å²) in [4.78, 5) is 13.2. The number of hydrogen-bond donors (Lipinski definition) is 1. The fourth-order valence-electron chi connectivity index (χ4n) is 1.85. The van der Waals surface area contributed by atoms with Crippen LogP contribution in [0.1, 0.15) is 6.42 Å². The van der Waals surface area contributed by atoms with Crippen molar-refractivity contribution in [3.05, 3.63) is 26.7 Å². The SMILES string of the molecule is NS(=O)(=O)C1CC(=O)N(c2ccc(Br)c(Cl)c2Cl)C1. The Balaban J connectivity index is 2.39. The van der Waals surface area contributed by atoms with Crippen LogP contribution >= 0.6 is 39.1 Å². The Morgan fingerprint density at radius 3 is 2.47 bits per heavy atom. The molecule has 1 aromatic carbocycles. The lowest BCUT2D eigenvalue weighted by Gasteiger charge is -2.18. The van der Waals surface area contributed by atoms with Gasteiger partial charge in [0.2, 0.25) is 15.9 Å². The topological polar surface area (TPSA) is 80.5 Å². The molecule has 1 amide bonds. The predicted molar refractivity (Wildman–Crippen MR) is 78.0 cm³/mol. The van der Waals surface area contributed by atoms with Gasteiger partial charge < -0.3 is 4.90 Å². The van der Waals surface area contributed by atoms with Gasteiger partial charge in [-0.05, 0) is 28.1 Å². The Morgan fingerprint density at radius 1 is 1.32 bits per heavy atom. The number of nitrogens with zero attached hydrogens (tertiary/aromatic N) is 1. The molecule has 19 heavy (non-hydrogen) atoms. The third kappa shape index (κ3) is 2.90. The summed E-state index contributed by atoms with van der Waals surface area (Å²) in [5, 5.41) is 4.61. The van der Waals surface area contributed by atoms with Gasteiger partial charge >= 0.3 is 0 Å². The molecule has 0 aromatic heterocycles. The number of rotatable bonds is 2. The maximum absolute atomic E-state index is 11.9. The molecule has 0 spiro atoms. The number of benzene rings is 1. The number of carbonyl (C=O) groups excluding carboxylic acids is 1. The molecule has 1 aromatic rings. The highest BCUT2D eigenvalue weighted by Gasteiger charge is 2.38. The van der Waals surface area contributed by atoms with E-state index in [1.165, 1.54) is 4.90 Å². The van der Waals surface area contributed by atoms with E-state index in [-0.39, 0.29) is 28.9 Å². The summed E-state index contributed by atoms with van der Waals surface area (Å²) in [5.74, 6) is -0.348. The first kappa shape index (κ1) is 15.1. The standard InChI is InChI=1S/C10H9BrCl2N2O3S/c11-6-1-2-7(10(13)9(6)12)15-4-5(3-8(15)16)19(14,17)18/h1-2,5H,3-4H2,(H2,14,17,18). The molecule has 0 bridgehead atoms. The third-order valence-corrected chi connectivity index (χ3v) is 5.87. The zero-order valence-electron chi connectivity index (χ0n) is 9.44. The lowest BCUT2D eigenvalue weighted by molar-refractivity contribution is -0.117. The smallest absolute Gasteiger partial charge is 0.228 e. The van der Waals surface area contributed by atoms with Crippen LogP contribution in [0.2, 0.25) is 10.0 Å². The fraction of sp³-hybridized carbons (Fsp3) is 0.300. The second-order valence-corrected chi connectivity index (χ2v) is 7.57. The molecular weight excluding hydrogens is 379 g/mol. The monoisotopic (exact) mass is 386 g/mol. The van der Waals surface area contributed by atoms with Crippen molar-refractivity contribution in [3.8, 4) is 0 Å². The van der Waals surface area contributed by atoms with Gasteiger partial charge in [0.25, 0.3) is 0 Å². The summed E-state index contributed by atoms with van der Waals surface area (Å²) >= 11 is 15.3. The predicted octanol–water partition coefficient (Wildman–Crippen LogP) is 2.15. The minimum atomic E-state index is -3.76. The van der Waals surface area contributed by atoms with E-state index in [1.807, 2.05) is 0 Å². The maximum atomic E-state index is 11.9. The Labute approximate surface area is 128 Å². The number of anilines is 1. The molecule has 1 unspecified atom stereocenters. The van der Waals surface area contributed by atoms with Crippen molar-refractivity contribution in [2.24, 2.45) is 5.14 Å².